The van der Waals surface area contributed by atoms with Crippen LogP contribution >= 0.6 is 0 Å². The molecule has 2 heterocycles. The second kappa shape index (κ2) is 3.91. The maximum absolute atomic E-state index is 5.30. The van der Waals surface area contributed by atoms with E-state index >= 15 is 0 Å². The van der Waals surface area contributed by atoms with Gasteiger partial charge in [-0.25, -0.2) is 9.97 Å². The highest BCUT2D eigenvalue weighted by molar-refractivity contribution is 5.33. The number of rotatable bonds is 3. The van der Waals surface area contributed by atoms with Crippen LogP contribution in [-0.2, 0) is 6.54 Å². The van der Waals surface area contributed by atoms with Gasteiger partial charge in [-0.3, -0.25) is 0 Å². The highest BCUT2D eigenvalue weighted by Gasteiger charge is 1.99. The second-order valence-corrected chi connectivity index (χ2v) is 2.91. The minimum absolute atomic E-state index is 0.609. The molecule has 0 amide bonds. The molecule has 0 saturated carbocycles. The Kier molecular flexibility index (Phi) is 2.44. The minimum Gasteiger partial charge on any atom is -0.444 e. The van der Waals surface area contributed by atoms with Crippen molar-refractivity contribution in [1.82, 2.24) is 9.97 Å². The van der Waals surface area contributed by atoms with Crippen LogP contribution in [0.1, 0.15) is 11.7 Å². The average molecular weight is 189 g/mol. The first-order chi connectivity index (χ1) is 6.84. The molecule has 2 aromatic heterocycles. The standard InChI is InChI=1S/C10H11N3O/c1-8-12-6-9(14-8)7-13-10-4-2-3-5-11-10/h2-6H,7H2,1H3,(H,11,13). The SMILES string of the molecule is Cc1ncc(CNc2ccccn2)o1. The van der Waals surface area contributed by atoms with E-state index in [4.69, 9.17) is 4.42 Å². The molecule has 0 radical (unpaired) electrons. The molecule has 2 rings (SSSR count). The molecule has 72 valence electrons. The van der Waals surface area contributed by atoms with Gasteiger partial charge in [0.2, 0.25) is 0 Å². The van der Waals surface area contributed by atoms with Crippen LogP contribution < -0.4 is 5.32 Å². The molecule has 0 fully saturated rings. The summed E-state index contributed by atoms with van der Waals surface area (Å²) in [7, 11) is 0. The number of oxazole rings is 1. The maximum atomic E-state index is 5.30. The van der Waals surface area contributed by atoms with Gasteiger partial charge in [0.15, 0.2) is 5.89 Å². The number of hydrogen-bond donors (Lipinski definition) is 1. The van der Waals surface area contributed by atoms with E-state index in [0.717, 1.165) is 11.6 Å². The highest BCUT2D eigenvalue weighted by Crippen LogP contribution is 2.06. The van der Waals surface area contributed by atoms with Crippen molar-refractivity contribution < 1.29 is 4.42 Å². The third-order valence-electron chi connectivity index (χ3n) is 1.78. The van der Waals surface area contributed by atoms with E-state index in [1.807, 2.05) is 25.1 Å². The maximum Gasteiger partial charge on any atom is 0.191 e. The summed E-state index contributed by atoms with van der Waals surface area (Å²) in [6, 6.07) is 5.72. The summed E-state index contributed by atoms with van der Waals surface area (Å²) in [5.41, 5.74) is 0. The molecule has 0 aromatic carbocycles. The summed E-state index contributed by atoms with van der Waals surface area (Å²) < 4.78 is 5.30. The number of nitrogens with one attached hydrogen (secondary N) is 1. The predicted molar refractivity (Wildman–Crippen MR) is 52.8 cm³/mol. The molecule has 0 unspecified atom stereocenters. The molecule has 4 heteroatoms. The Hall–Kier alpha value is -1.84. The zero-order valence-electron chi connectivity index (χ0n) is 7.90. The fourth-order valence-electron chi connectivity index (χ4n) is 1.13. The van der Waals surface area contributed by atoms with Crippen molar-refractivity contribution in [3.8, 4) is 0 Å². The van der Waals surface area contributed by atoms with Crippen LogP contribution in [0, 0.1) is 6.92 Å². The zero-order chi connectivity index (χ0) is 9.80. The summed E-state index contributed by atoms with van der Waals surface area (Å²) >= 11 is 0. The third kappa shape index (κ3) is 2.10. The molecule has 0 bridgehead atoms. The smallest absolute Gasteiger partial charge is 0.191 e. The largest absolute Gasteiger partial charge is 0.444 e. The number of hydrogen-bond acceptors (Lipinski definition) is 4. The molecular weight excluding hydrogens is 178 g/mol. The van der Waals surface area contributed by atoms with Gasteiger partial charge in [0.1, 0.15) is 11.6 Å². The normalized spacial score (nSPS) is 10.1. The molecule has 14 heavy (non-hydrogen) atoms. The van der Waals surface area contributed by atoms with Gasteiger partial charge < -0.3 is 9.73 Å². The topological polar surface area (TPSA) is 51.0 Å². The average Bonchev–Trinajstić information content (AvgIpc) is 2.63. The van der Waals surface area contributed by atoms with Crippen molar-refractivity contribution in [3.63, 3.8) is 0 Å². The van der Waals surface area contributed by atoms with Crippen LogP contribution in [0.15, 0.2) is 35.0 Å². The van der Waals surface area contributed by atoms with E-state index in [1.165, 1.54) is 0 Å². The Morgan fingerprint density at radius 1 is 1.36 bits per heavy atom. The summed E-state index contributed by atoms with van der Waals surface area (Å²) in [6.07, 6.45) is 3.46. The first-order valence-corrected chi connectivity index (χ1v) is 4.41. The first-order valence-electron chi connectivity index (χ1n) is 4.41. The monoisotopic (exact) mass is 189 g/mol. The van der Waals surface area contributed by atoms with Crippen LogP contribution in [0.25, 0.3) is 0 Å². The van der Waals surface area contributed by atoms with E-state index in [-0.39, 0.29) is 0 Å². The molecular formula is C10H11N3O. The fourth-order valence-corrected chi connectivity index (χ4v) is 1.13. The number of anilines is 1. The third-order valence-corrected chi connectivity index (χ3v) is 1.78. The summed E-state index contributed by atoms with van der Waals surface area (Å²) in [5.74, 6) is 2.33. The van der Waals surface area contributed by atoms with Gasteiger partial charge in [-0.05, 0) is 12.1 Å². The van der Waals surface area contributed by atoms with Crippen LogP contribution in [-0.4, -0.2) is 9.97 Å². The van der Waals surface area contributed by atoms with E-state index in [0.29, 0.717) is 12.4 Å². The van der Waals surface area contributed by atoms with Gasteiger partial charge in [-0.2, -0.15) is 0 Å². The van der Waals surface area contributed by atoms with Crippen molar-refractivity contribution in [2.24, 2.45) is 0 Å². The minimum atomic E-state index is 0.609. The first kappa shape index (κ1) is 8.74. The van der Waals surface area contributed by atoms with Crippen molar-refractivity contribution in [1.29, 1.82) is 0 Å². The summed E-state index contributed by atoms with van der Waals surface area (Å²) in [6.45, 7) is 2.43. The molecule has 0 aliphatic carbocycles. The van der Waals surface area contributed by atoms with Crippen molar-refractivity contribution in [2.45, 2.75) is 13.5 Å². The van der Waals surface area contributed by atoms with Crippen molar-refractivity contribution in [2.75, 3.05) is 5.32 Å². The number of nitrogens with zero attached hydrogens (tertiary/aromatic N) is 2. The molecule has 2 aromatic rings. The Bertz CT molecular complexity index is 397. The molecule has 0 aliphatic rings. The molecule has 0 spiro atoms. The zero-order valence-corrected chi connectivity index (χ0v) is 7.90. The number of pyridine rings is 1. The lowest BCUT2D eigenvalue weighted by molar-refractivity contribution is 0.481. The molecule has 0 atom stereocenters. The van der Waals surface area contributed by atoms with Gasteiger partial charge >= 0.3 is 0 Å². The Balaban J connectivity index is 1.95. The lowest BCUT2D eigenvalue weighted by Crippen LogP contribution is -1.99. The van der Waals surface area contributed by atoms with Crippen LogP contribution in [0.5, 0.6) is 0 Å². The Labute approximate surface area is 82.0 Å². The van der Waals surface area contributed by atoms with Gasteiger partial charge in [0, 0.05) is 13.1 Å². The molecule has 1 N–H and O–H groups in total. The molecule has 0 saturated heterocycles. The van der Waals surface area contributed by atoms with E-state index < -0.39 is 0 Å². The van der Waals surface area contributed by atoms with Gasteiger partial charge in [0.05, 0.1) is 12.7 Å². The highest BCUT2D eigenvalue weighted by atomic mass is 16.4. The molecule has 4 nitrogen and oxygen atoms in total. The van der Waals surface area contributed by atoms with Crippen LogP contribution in [0.3, 0.4) is 0 Å². The summed E-state index contributed by atoms with van der Waals surface area (Å²) in [5, 5.41) is 3.13. The second-order valence-electron chi connectivity index (χ2n) is 2.91. The lowest BCUT2D eigenvalue weighted by atomic mass is 10.4. The van der Waals surface area contributed by atoms with Gasteiger partial charge in [-0.15, -0.1) is 0 Å². The number of aromatic nitrogens is 2. The quantitative estimate of drug-likeness (QED) is 0.802. The number of aryl methyl sites for hydroxylation is 1. The Morgan fingerprint density at radius 3 is 2.93 bits per heavy atom. The van der Waals surface area contributed by atoms with E-state index in [1.54, 1.807) is 12.4 Å². The van der Waals surface area contributed by atoms with Crippen LogP contribution in [0.4, 0.5) is 5.82 Å². The van der Waals surface area contributed by atoms with Gasteiger partial charge in [-0.1, -0.05) is 6.07 Å². The fraction of sp³-hybridized carbons (Fsp3) is 0.200. The lowest BCUT2D eigenvalue weighted by Gasteiger charge is -2.01. The van der Waals surface area contributed by atoms with Crippen LogP contribution in [0.2, 0.25) is 0 Å². The van der Waals surface area contributed by atoms with Crippen molar-refractivity contribution >= 4 is 5.82 Å². The van der Waals surface area contributed by atoms with Crippen molar-refractivity contribution in [3.05, 3.63) is 42.2 Å². The predicted octanol–water partition coefficient (Wildman–Crippen LogP) is 1.99. The van der Waals surface area contributed by atoms with E-state index in [2.05, 4.69) is 15.3 Å². The van der Waals surface area contributed by atoms with E-state index in [9.17, 15) is 0 Å². The summed E-state index contributed by atoms with van der Waals surface area (Å²) in [4.78, 5) is 8.13. The Morgan fingerprint density at radius 2 is 2.29 bits per heavy atom. The van der Waals surface area contributed by atoms with Gasteiger partial charge in [0.25, 0.3) is 0 Å². The molecule has 0 aliphatic heterocycles.